The lowest BCUT2D eigenvalue weighted by atomic mass is 10.1. The smallest absolute Gasteiger partial charge is 0.255 e. The van der Waals surface area contributed by atoms with E-state index in [1.54, 1.807) is 12.1 Å². The zero-order valence-electron chi connectivity index (χ0n) is 13.6. The van der Waals surface area contributed by atoms with Crippen LogP contribution in [-0.2, 0) is 0 Å². The molecule has 2 heterocycles. The van der Waals surface area contributed by atoms with Crippen LogP contribution in [0.25, 0.3) is 0 Å². The van der Waals surface area contributed by atoms with Crippen LogP contribution in [0, 0.1) is 0 Å². The molecule has 2 aliphatic heterocycles. The van der Waals surface area contributed by atoms with Gasteiger partial charge in [-0.05, 0) is 36.2 Å². The molecule has 4 nitrogen and oxygen atoms in total. The van der Waals surface area contributed by atoms with Gasteiger partial charge in [-0.15, -0.1) is 0 Å². The zero-order chi connectivity index (χ0) is 17.2. The van der Waals surface area contributed by atoms with Crippen LogP contribution in [0.15, 0.2) is 42.5 Å². The summed E-state index contributed by atoms with van der Waals surface area (Å²) in [5.74, 6) is 2.52. The summed E-state index contributed by atoms with van der Waals surface area (Å²) in [6, 6.07) is 13.4. The Balaban J connectivity index is 1.47. The fourth-order valence-corrected chi connectivity index (χ4v) is 4.60. The number of halogens is 1. The molecule has 0 aromatic heterocycles. The summed E-state index contributed by atoms with van der Waals surface area (Å²) in [5.41, 5.74) is 1.80. The summed E-state index contributed by atoms with van der Waals surface area (Å²) < 4.78 is 10.9. The molecular formula is C19H18ClNO3S. The maximum Gasteiger partial charge on any atom is 0.255 e. The van der Waals surface area contributed by atoms with Crippen LogP contribution in [0.5, 0.6) is 11.5 Å². The minimum Gasteiger partial charge on any atom is -0.454 e. The Morgan fingerprint density at radius 1 is 1.12 bits per heavy atom. The summed E-state index contributed by atoms with van der Waals surface area (Å²) in [6.45, 7) is 1.74. The number of nitrogens with zero attached hydrogens (tertiary/aromatic N) is 1. The molecule has 2 aliphatic rings. The van der Waals surface area contributed by atoms with Crippen molar-refractivity contribution in [1.82, 2.24) is 4.90 Å². The fraction of sp³-hybridized carbons (Fsp3) is 0.316. The summed E-state index contributed by atoms with van der Waals surface area (Å²) in [5, 5.41) is 0.857. The fourth-order valence-electron chi connectivity index (χ4n) is 3.16. The predicted octanol–water partition coefficient (Wildman–Crippen LogP) is 4.39. The van der Waals surface area contributed by atoms with Crippen LogP contribution in [-0.4, -0.2) is 36.4 Å². The standard InChI is InChI=1S/C19H18ClNO3S/c20-15-4-2-1-3-14(15)19(22)21-8-7-18(25-10-9-21)13-5-6-16-17(11-13)24-12-23-16/h1-6,11,18H,7-10,12H2/t18-/m1/s1. The van der Waals surface area contributed by atoms with E-state index >= 15 is 0 Å². The molecule has 2 aromatic rings. The highest BCUT2D eigenvalue weighted by molar-refractivity contribution is 7.99. The number of thioether (sulfide) groups is 1. The van der Waals surface area contributed by atoms with Crippen molar-refractivity contribution < 1.29 is 14.3 Å². The molecule has 1 fully saturated rings. The largest absolute Gasteiger partial charge is 0.454 e. The third kappa shape index (κ3) is 3.44. The summed E-state index contributed by atoms with van der Waals surface area (Å²) in [6.07, 6.45) is 0.903. The predicted molar refractivity (Wildman–Crippen MR) is 99.7 cm³/mol. The minimum atomic E-state index is 0.0116. The molecule has 1 atom stereocenters. The Kier molecular flexibility index (Phi) is 4.77. The first kappa shape index (κ1) is 16.6. The molecule has 0 unspecified atom stereocenters. The molecule has 0 bridgehead atoms. The zero-order valence-corrected chi connectivity index (χ0v) is 15.2. The molecule has 0 aliphatic carbocycles. The summed E-state index contributed by atoms with van der Waals surface area (Å²) in [7, 11) is 0. The lowest BCUT2D eigenvalue weighted by Crippen LogP contribution is -2.33. The summed E-state index contributed by atoms with van der Waals surface area (Å²) >= 11 is 8.06. The normalized spacial score (nSPS) is 19.6. The van der Waals surface area contributed by atoms with Gasteiger partial charge in [0, 0.05) is 24.1 Å². The van der Waals surface area contributed by atoms with Gasteiger partial charge >= 0.3 is 0 Å². The first-order valence-corrected chi connectivity index (χ1v) is 9.70. The lowest BCUT2D eigenvalue weighted by Gasteiger charge is -2.21. The van der Waals surface area contributed by atoms with E-state index in [2.05, 4.69) is 12.1 Å². The molecular weight excluding hydrogens is 358 g/mol. The van der Waals surface area contributed by atoms with E-state index in [4.69, 9.17) is 21.1 Å². The molecule has 25 heavy (non-hydrogen) atoms. The Morgan fingerprint density at radius 3 is 2.84 bits per heavy atom. The second kappa shape index (κ2) is 7.18. The average molecular weight is 376 g/mol. The molecule has 0 N–H and O–H groups in total. The highest BCUT2D eigenvalue weighted by atomic mass is 35.5. The molecule has 6 heteroatoms. The van der Waals surface area contributed by atoms with Gasteiger partial charge in [0.25, 0.3) is 5.91 Å². The monoisotopic (exact) mass is 375 g/mol. The van der Waals surface area contributed by atoms with E-state index in [9.17, 15) is 4.79 Å². The number of amides is 1. The van der Waals surface area contributed by atoms with E-state index in [-0.39, 0.29) is 12.7 Å². The van der Waals surface area contributed by atoms with Crippen molar-refractivity contribution >= 4 is 29.3 Å². The highest BCUT2D eigenvalue weighted by Gasteiger charge is 2.25. The Morgan fingerprint density at radius 2 is 1.96 bits per heavy atom. The van der Waals surface area contributed by atoms with Crippen LogP contribution in [0.3, 0.4) is 0 Å². The number of carbonyl (C=O) groups excluding carboxylic acids is 1. The molecule has 4 rings (SSSR count). The van der Waals surface area contributed by atoms with E-state index in [0.717, 1.165) is 36.8 Å². The van der Waals surface area contributed by atoms with Gasteiger partial charge in [-0.1, -0.05) is 29.8 Å². The van der Waals surface area contributed by atoms with E-state index in [1.165, 1.54) is 5.56 Å². The van der Waals surface area contributed by atoms with Crippen molar-refractivity contribution in [2.24, 2.45) is 0 Å². The Bertz CT molecular complexity index is 798. The number of carbonyl (C=O) groups is 1. The van der Waals surface area contributed by atoms with Gasteiger partial charge in [0.15, 0.2) is 11.5 Å². The van der Waals surface area contributed by atoms with Crippen molar-refractivity contribution in [2.45, 2.75) is 11.7 Å². The molecule has 0 radical (unpaired) electrons. The molecule has 130 valence electrons. The highest BCUT2D eigenvalue weighted by Crippen LogP contribution is 2.40. The van der Waals surface area contributed by atoms with Gasteiger partial charge in [0.05, 0.1) is 10.6 Å². The third-order valence-corrected chi connectivity index (χ3v) is 6.16. The topological polar surface area (TPSA) is 38.8 Å². The van der Waals surface area contributed by atoms with Gasteiger partial charge in [0.2, 0.25) is 6.79 Å². The third-order valence-electron chi connectivity index (χ3n) is 4.50. The van der Waals surface area contributed by atoms with E-state index < -0.39 is 0 Å². The van der Waals surface area contributed by atoms with Crippen molar-refractivity contribution in [2.75, 3.05) is 25.6 Å². The van der Waals surface area contributed by atoms with Crippen LogP contribution in [0.2, 0.25) is 5.02 Å². The van der Waals surface area contributed by atoms with E-state index in [1.807, 2.05) is 34.9 Å². The molecule has 0 saturated carbocycles. The lowest BCUT2D eigenvalue weighted by molar-refractivity contribution is 0.0766. The van der Waals surface area contributed by atoms with Crippen LogP contribution < -0.4 is 9.47 Å². The number of rotatable bonds is 2. The Labute approximate surface area is 156 Å². The molecule has 1 saturated heterocycles. The first-order chi connectivity index (χ1) is 12.2. The van der Waals surface area contributed by atoms with Gasteiger partial charge in [-0.25, -0.2) is 0 Å². The van der Waals surface area contributed by atoms with Gasteiger partial charge in [-0.2, -0.15) is 11.8 Å². The minimum absolute atomic E-state index is 0.0116. The molecule has 1 amide bonds. The van der Waals surface area contributed by atoms with Crippen LogP contribution >= 0.6 is 23.4 Å². The van der Waals surface area contributed by atoms with Gasteiger partial charge < -0.3 is 14.4 Å². The van der Waals surface area contributed by atoms with E-state index in [0.29, 0.717) is 15.8 Å². The second-order valence-electron chi connectivity index (χ2n) is 6.03. The maximum atomic E-state index is 12.8. The van der Waals surface area contributed by atoms with Crippen molar-refractivity contribution in [3.05, 3.63) is 58.6 Å². The number of ether oxygens (including phenoxy) is 2. The SMILES string of the molecule is O=C(c1ccccc1Cl)N1CCS[C@@H](c2ccc3c(c2)OCO3)CC1. The quantitative estimate of drug-likeness (QED) is 0.780. The number of benzene rings is 2. The van der Waals surface area contributed by atoms with Crippen molar-refractivity contribution in [3.8, 4) is 11.5 Å². The van der Waals surface area contributed by atoms with Gasteiger partial charge in [-0.3, -0.25) is 4.79 Å². The van der Waals surface area contributed by atoms with Crippen molar-refractivity contribution in [1.29, 1.82) is 0 Å². The van der Waals surface area contributed by atoms with Gasteiger partial charge in [0.1, 0.15) is 0 Å². The Hall–Kier alpha value is -1.85. The summed E-state index contributed by atoms with van der Waals surface area (Å²) in [4.78, 5) is 14.7. The molecule has 2 aromatic carbocycles. The molecule has 0 spiro atoms. The maximum absolute atomic E-state index is 12.8. The first-order valence-electron chi connectivity index (χ1n) is 8.27. The average Bonchev–Trinajstić information content (AvgIpc) is 2.96. The van der Waals surface area contributed by atoms with Crippen LogP contribution in [0.1, 0.15) is 27.6 Å². The number of hydrogen-bond acceptors (Lipinski definition) is 4. The number of fused-ring (bicyclic) bond motifs is 1. The van der Waals surface area contributed by atoms with Crippen molar-refractivity contribution in [3.63, 3.8) is 0 Å². The second-order valence-corrected chi connectivity index (χ2v) is 7.75. The number of hydrogen-bond donors (Lipinski definition) is 0. The van der Waals surface area contributed by atoms with Crippen LogP contribution in [0.4, 0.5) is 0 Å².